The molecule has 0 unspecified atom stereocenters. The summed E-state index contributed by atoms with van der Waals surface area (Å²) in [7, 11) is 2.85. The topological polar surface area (TPSA) is 121 Å². The lowest BCUT2D eigenvalue weighted by atomic mass is 10.2. The normalized spacial score (nSPS) is 11.0. The highest BCUT2D eigenvalue weighted by molar-refractivity contribution is 7.99. The molecule has 3 aromatic carbocycles. The third-order valence-electron chi connectivity index (χ3n) is 5.29. The summed E-state index contributed by atoms with van der Waals surface area (Å²) in [5.41, 5.74) is 3.81. The van der Waals surface area contributed by atoms with Crippen LogP contribution in [0.4, 0.5) is 0 Å². The average molecular weight is 567 g/mol. The van der Waals surface area contributed by atoms with Gasteiger partial charge in [-0.15, -0.1) is 0 Å². The molecule has 0 aliphatic heterocycles. The summed E-state index contributed by atoms with van der Waals surface area (Å²) in [5, 5.41) is 5.32. The van der Waals surface area contributed by atoms with Crippen LogP contribution in [0.5, 0.6) is 17.2 Å². The molecule has 4 aromatic rings. The van der Waals surface area contributed by atoms with Gasteiger partial charge in [0.1, 0.15) is 0 Å². The number of halogens is 1. The Morgan fingerprint density at radius 1 is 1.08 bits per heavy atom. The number of hydrogen-bond acceptors (Lipinski definition) is 9. The van der Waals surface area contributed by atoms with Gasteiger partial charge in [0, 0.05) is 17.5 Å². The lowest BCUT2D eigenvalue weighted by Crippen LogP contribution is -2.24. The van der Waals surface area contributed by atoms with Gasteiger partial charge in [0.15, 0.2) is 16.7 Å². The number of para-hydroxylation sites is 1. The average Bonchev–Trinajstić information content (AvgIpc) is 2.93. The second-order valence-electron chi connectivity index (χ2n) is 7.96. The van der Waals surface area contributed by atoms with Crippen molar-refractivity contribution in [1.82, 2.24) is 15.0 Å². The maximum atomic E-state index is 13.3. The van der Waals surface area contributed by atoms with E-state index in [1.165, 1.54) is 31.9 Å². The first-order valence-electron chi connectivity index (χ1n) is 11.5. The molecule has 39 heavy (non-hydrogen) atoms. The van der Waals surface area contributed by atoms with Gasteiger partial charge in [-0.3, -0.25) is 19.0 Å². The van der Waals surface area contributed by atoms with E-state index in [4.69, 9.17) is 25.8 Å². The number of carbonyl (C=O) groups is 2. The third kappa shape index (κ3) is 6.57. The number of hydrogen-bond donors (Lipinski definition) is 1. The molecular formula is C27H23ClN4O6S. The van der Waals surface area contributed by atoms with E-state index in [2.05, 4.69) is 15.5 Å². The van der Waals surface area contributed by atoms with Gasteiger partial charge in [-0.05, 0) is 48.5 Å². The first-order valence-corrected chi connectivity index (χ1v) is 12.8. The molecule has 0 aliphatic carbocycles. The van der Waals surface area contributed by atoms with Crippen molar-refractivity contribution in [3.05, 3.63) is 81.6 Å². The van der Waals surface area contributed by atoms with Crippen molar-refractivity contribution in [3.63, 3.8) is 0 Å². The zero-order valence-electron chi connectivity index (χ0n) is 21.1. The van der Waals surface area contributed by atoms with Crippen molar-refractivity contribution >= 4 is 52.4 Å². The first kappa shape index (κ1) is 27.7. The molecule has 4 rings (SSSR count). The van der Waals surface area contributed by atoms with Gasteiger partial charge in [0.25, 0.3) is 11.5 Å². The zero-order valence-corrected chi connectivity index (χ0v) is 22.7. The van der Waals surface area contributed by atoms with Crippen LogP contribution < -0.4 is 25.2 Å². The summed E-state index contributed by atoms with van der Waals surface area (Å²) < 4.78 is 17.2. The molecule has 200 valence electrons. The van der Waals surface area contributed by atoms with Crippen LogP contribution in [0.25, 0.3) is 16.6 Å². The number of ether oxygens (including phenoxy) is 3. The molecule has 1 amide bonds. The smallest absolute Gasteiger partial charge is 0.308 e. The van der Waals surface area contributed by atoms with Crippen molar-refractivity contribution in [3.8, 4) is 22.9 Å². The Morgan fingerprint density at radius 3 is 2.38 bits per heavy atom. The minimum Gasteiger partial charge on any atom is -0.493 e. The lowest BCUT2D eigenvalue weighted by molar-refractivity contribution is -0.132. The number of benzene rings is 3. The van der Waals surface area contributed by atoms with Crippen molar-refractivity contribution in [2.45, 2.75) is 12.1 Å². The Morgan fingerprint density at radius 2 is 1.74 bits per heavy atom. The first-order chi connectivity index (χ1) is 18.8. The van der Waals surface area contributed by atoms with Gasteiger partial charge in [-0.25, -0.2) is 10.4 Å². The van der Waals surface area contributed by atoms with Crippen LogP contribution in [0.3, 0.4) is 0 Å². The number of hydrazone groups is 1. The summed E-state index contributed by atoms with van der Waals surface area (Å²) in [5.74, 6) is -0.351. The third-order valence-corrected chi connectivity index (χ3v) is 6.48. The summed E-state index contributed by atoms with van der Waals surface area (Å²) in [4.78, 5) is 41.9. The Balaban J connectivity index is 1.52. The molecule has 0 bridgehead atoms. The molecule has 0 saturated heterocycles. The minimum absolute atomic E-state index is 0.0618. The fourth-order valence-corrected chi connectivity index (χ4v) is 4.52. The van der Waals surface area contributed by atoms with Crippen LogP contribution in [0.1, 0.15) is 12.5 Å². The second-order valence-corrected chi connectivity index (χ2v) is 9.34. The predicted octanol–water partition coefficient (Wildman–Crippen LogP) is 4.22. The standard InChI is InChI=1S/C27H23ClN4O6S/c1-16(33)38-25-22(36-2)12-17(13-23(25)37-3)14-29-31-24(34)15-39-27-30-21-7-5-4-6-20(21)26(35)32(27)19-10-8-18(28)9-11-19/h4-14H,15H2,1-3H3,(H,31,34). The predicted molar refractivity (Wildman–Crippen MR) is 150 cm³/mol. The Labute approximate surface area is 232 Å². The van der Waals surface area contributed by atoms with Gasteiger partial charge in [-0.1, -0.05) is 35.5 Å². The summed E-state index contributed by atoms with van der Waals surface area (Å²) >= 11 is 7.12. The van der Waals surface area contributed by atoms with Crippen LogP contribution >= 0.6 is 23.4 Å². The van der Waals surface area contributed by atoms with Crippen LogP contribution in [0.2, 0.25) is 5.02 Å². The number of carbonyl (C=O) groups excluding carboxylic acids is 2. The highest BCUT2D eigenvalue weighted by atomic mass is 35.5. The molecule has 12 heteroatoms. The van der Waals surface area contributed by atoms with Crippen LogP contribution in [-0.4, -0.2) is 47.6 Å². The summed E-state index contributed by atoms with van der Waals surface area (Å²) in [6, 6.07) is 16.9. The van der Waals surface area contributed by atoms with E-state index in [1.54, 1.807) is 60.7 Å². The fourth-order valence-electron chi connectivity index (χ4n) is 3.59. The number of nitrogens with zero attached hydrogens (tertiary/aromatic N) is 3. The van der Waals surface area contributed by atoms with E-state index in [0.29, 0.717) is 32.3 Å². The number of aromatic nitrogens is 2. The molecule has 1 N–H and O–H groups in total. The van der Waals surface area contributed by atoms with Gasteiger partial charge in [-0.2, -0.15) is 5.10 Å². The number of rotatable bonds is 9. The number of nitrogens with one attached hydrogen (secondary N) is 1. The Bertz CT molecular complexity index is 1600. The van der Waals surface area contributed by atoms with E-state index in [9.17, 15) is 14.4 Å². The van der Waals surface area contributed by atoms with Gasteiger partial charge in [0.2, 0.25) is 5.75 Å². The van der Waals surface area contributed by atoms with Crippen molar-refractivity contribution in [2.24, 2.45) is 5.10 Å². The molecular weight excluding hydrogens is 544 g/mol. The molecule has 0 saturated carbocycles. The number of thioether (sulfide) groups is 1. The maximum Gasteiger partial charge on any atom is 0.308 e. The van der Waals surface area contributed by atoms with Gasteiger partial charge in [0.05, 0.1) is 42.8 Å². The van der Waals surface area contributed by atoms with E-state index in [0.717, 1.165) is 11.8 Å². The lowest BCUT2D eigenvalue weighted by Gasteiger charge is -2.13. The van der Waals surface area contributed by atoms with E-state index >= 15 is 0 Å². The van der Waals surface area contributed by atoms with Crippen molar-refractivity contribution in [1.29, 1.82) is 0 Å². The zero-order chi connectivity index (χ0) is 27.9. The molecule has 1 heterocycles. The molecule has 10 nitrogen and oxygen atoms in total. The number of esters is 1. The Hall–Kier alpha value is -4.35. The van der Waals surface area contributed by atoms with E-state index in [-0.39, 0.29) is 28.6 Å². The quantitative estimate of drug-likeness (QED) is 0.0798. The fraction of sp³-hybridized carbons (Fsp3) is 0.148. The number of amides is 1. The van der Waals surface area contributed by atoms with Gasteiger partial charge >= 0.3 is 5.97 Å². The van der Waals surface area contributed by atoms with Crippen LogP contribution in [0.15, 0.2) is 75.7 Å². The highest BCUT2D eigenvalue weighted by Gasteiger charge is 2.17. The largest absolute Gasteiger partial charge is 0.493 e. The van der Waals surface area contributed by atoms with E-state index in [1.807, 2.05) is 0 Å². The monoisotopic (exact) mass is 566 g/mol. The summed E-state index contributed by atoms with van der Waals surface area (Å²) in [6.07, 6.45) is 1.39. The van der Waals surface area contributed by atoms with Crippen molar-refractivity contribution in [2.75, 3.05) is 20.0 Å². The number of methoxy groups -OCH3 is 2. The number of fused-ring (bicyclic) bond motifs is 1. The molecule has 0 spiro atoms. The Kier molecular flexibility index (Phi) is 8.84. The van der Waals surface area contributed by atoms with Crippen LogP contribution in [0, 0.1) is 0 Å². The maximum absolute atomic E-state index is 13.3. The second kappa shape index (κ2) is 12.5. The molecule has 1 aromatic heterocycles. The SMILES string of the molecule is COc1cc(C=NNC(=O)CSc2nc3ccccc3c(=O)n2-c2ccc(Cl)cc2)cc(OC)c1OC(C)=O. The van der Waals surface area contributed by atoms with Crippen LogP contribution in [-0.2, 0) is 9.59 Å². The van der Waals surface area contributed by atoms with Crippen molar-refractivity contribution < 1.29 is 23.8 Å². The minimum atomic E-state index is -0.528. The molecule has 0 aliphatic rings. The highest BCUT2D eigenvalue weighted by Crippen LogP contribution is 2.38. The van der Waals surface area contributed by atoms with Gasteiger partial charge < -0.3 is 14.2 Å². The molecule has 0 atom stereocenters. The summed E-state index contributed by atoms with van der Waals surface area (Å²) in [6.45, 7) is 1.27. The molecule has 0 fully saturated rings. The molecule has 0 radical (unpaired) electrons. The van der Waals surface area contributed by atoms with E-state index < -0.39 is 11.9 Å².